The van der Waals surface area contributed by atoms with E-state index in [4.69, 9.17) is 9.47 Å². The molecule has 1 saturated heterocycles. The van der Waals surface area contributed by atoms with Crippen molar-refractivity contribution < 1.29 is 17.9 Å². The molecular weight excluding hydrogens is 216 g/mol. The number of sulfone groups is 1. The lowest BCUT2D eigenvalue weighted by molar-refractivity contribution is 0.262. The van der Waals surface area contributed by atoms with Gasteiger partial charge >= 0.3 is 0 Å². The summed E-state index contributed by atoms with van der Waals surface area (Å²) in [7, 11) is -3.16. The number of rotatable bonds is 4. The third-order valence-corrected chi connectivity index (χ3v) is 3.18. The molecule has 1 aromatic rings. The summed E-state index contributed by atoms with van der Waals surface area (Å²) in [5.41, 5.74) is 0. The molecule has 1 fully saturated rings. The normalized spacial score (nSPS) is 19.9. The Morgan fingerprint density at radius 3 is 2.87 bits per heavy atom. The SMILES string of the molecule is CS(=O)(=O)c1cccc(OC[C@H]2CO2)c1. The van der Waals surface area contributed by atoms with Crippen LogP contribution in [0.1, 0.15) is 0 Å². The average Bonchev–Trinajstić information content (AvgIpc) is 2.97. The van der Waals surface area contributed by atoms with Crippen LogP contribution in [0.3, 0.4) is 0 Å². The third kappa shape index (κ3) is 2.94. The quantitative estimate of drug-likeness (QED) is 0.717. The molecule has 0 aromatic heterocycles. The minimum absolute atomic E-state index is 0.173. The lowest BCUT2D eigenvalue weighted by Crippen LogP contribution is -2.05. The van der Waals surface area contributed by atoms with Gasteiger partial charge in [-0.25, -0.2) is 8.42 Å². The van der Waals surface area contributed by atoms with Gasteiger partial charge in [-0.2, -0.15) is 0 Å². The van der Waals surface area contributed by atoms with Crippen molar-refractivity contribution in [3.8, 4) is 5.75 Å². The summed E-state index contributed by atoms with van der Waals surface area (Å²) in [5, 5.41) is 0. The van der Waals surface area contributed by atoms with Crippen LogP contribution >= 0.6 is 0 Å². The zero-order valence-corrected chi connectivity index (χ0v) is 9.16. The molecule has 15 heavy (non-hydrogen) atoms. The van der Waals surface area contributed by atoms with Crippen molar-refractivity contribution in [1.82, 2.24) is 0 Å². The van der Waals surface area contributed by atoms with Crippen molar-refractivity contribution in [2.24, 2.45) is 0 Å². The van der Waals surface area contributed by atoms with Gasteiger partial charge < -0.3 is 9.47 Å². The number of ether oxygens (including phenoxy) is 2. The van der Waals surface area contributed by atoms with E-state index in [0.29, 0.717) is 12.4 Å². The molecule has 1 heterocycles. The van der Waals surface area contributed by atoms with Crippen LogP contribution in [-0.4, -0.2) is 34.0 Å². The van der Waals surface area contributed by atoms with Crippen molar-refractivity contribution in [2.75, 3.05) is 19.5 Å². The van der Waals surface area contributed by atoms with Gasteiger partial charge in [-0.05, 0) is 18.2 Å². The van der Waals surface area contributed by atoms with E-state index in [9.17, 15) is 8.42 Å². The minimum atomic E-state index is -3.16. The Morgan fingerprint density at radius 1 is 1.53 bits per heavy atom. The minimum Gasteiger partial charge on any atom is -0.491 e. The molecular formula is C10H12O4S. The molecule has 4 nitrogen and oxygen atoms in total. The van der Waals surface area contributed by atoms with E-state index in [-0.39, 0.29) is 11.0 Å². The summed E-state index contributed by atoms with van der Waals surface area (Å²) in [5.74, 6) is 0.563. The van der Waals surface area contributed by atoms with Crippen molar-refractivity contribution >= 4 is 9.84 Å². The van der Waals surface area contributed by atoms with Gasteiger partial charge in [0.25, 0.3) is 0 Å². The first-order valence-electron chi connectivity index (χ1n) is 4.60. The molecule has 0 amide bonds. The molecule has 0 aliphatic carbocycles. The van der Waals surface area contributed by atoms with Gasteiger partial charge in [0.15, 0.2) is 9.84 Å². The Bertz CT molecular complexity index is 448. The number of benzene rings is 1. The first kappa shape index (κ1) is 10.4. The number of hydrogen-bond donors (Lipinski definition) is 0. The second kappa shape index (κ2) is 3.83. The van der Waals surface area contributed by atoms with Crippen molar-refractivity contribution in [3.05, 3.63) is 24.3 Å². The Kier molecular flexibility index (Phi) is 2.67. The highest BCUT2D eigenvalue weighted by molar-refractivity contribution is 7.90. The molecule has 5 heteroatoms. The van der Waals surface area contributed by atoms with Gasteiger partial charge in [0.05, 0.1) is 11.5 Å². The average molecular weight is 228 g/mol. The van der Waals surface area contributed by atoms with Gasteiger partial charge in [0.2, 0.25) is 0 Å². The van der Waals surface area contributed by atoms with E-state index in [0.717, 1.165) is 6.61 Å². The van der Waals surface area contributed by atoms with E-state index in [1.165, 1.54) is 12.3 Å². The zero-order valence-electron chi connectivity index (χ0n) is 8.34. The van der Waals surface area contributed by atoms with Gasteiger partial charge in [0, 0.05) is 6.26 Å². The summed E-state index contributed by atoms with van der Waals surface area (Å²) < 4.78 is 32.9. The lowest BCUT2D eigenvalue weighted by atomic mass is 10.3. The smallest absolute Gasteiger partial charge is 0.175 e. The van der Waals surface area contributed by atoms with Crippen LogP contribution in [0.4, 0.5) is 0 Å². The highest BCUT2D eigenvalue weighted by Gasteiger charge is 2.23. The van der Waals surface area contributed by atoms with E-state index < -0.39 is 9.84 Å². The fourth-order valence-electron chi connectivity index (χ4n) is 1.15. The van der Waals surface area contributed by atoms with Gasteiger partial charge in [-0.1, -0.05) is 6.07 Å². The van der Waals surface area contributed by atoms with Crippen LogP contribution in [-0.2, 0) is 14.6 Å². The fraction of sp³-hybridized carbons (Fsp3) is 0.400. The Morgan fingerprint density at radius 2 is 2.27 bits per heavy atom. The second-order valence-corrected chi connectivity index (χ2v) is 5.53. The summed E-state index contributed by atoms with van der Waals surface area (Å²) in [6.07, 6.45) is 1.35. The van der Waals surface area contributed by atoms with Crippen LogP contribution in [0.25, 0.3) is 0 Å². The first-order valence-corrected chi connectivity index (χ1v) is 6.49. The maximum atomic E-state index is 11.3. The lowest BCUT2D eigenvalue weighted by Gasteiger charge is -2.05. The molecule has 82 valence electrons. The Labute approximate surface area is 88.7 Å². The predicted octanol–water partition coefficient (Wildman–Crippen LogP) is 0.868. The van der Waals surface area contributed by atoms with Crippen LogP contribution in [0, 0.1) is 0 Å². The molecule has 1 aliphatic heterocycles. The molecule has 1 atom stereocenters. The monoisotopic (exact) mass is 228 g/mol. The highest BCUT2D eigenvalue weighted by atomic mass is 32.2. The molecule has 0 spiro atoms. The Hall–Kier alpha value is -1.07. The molecule has 0 N–H and O–H groups in total. The summed E-state index contributed by atoms with van der Waals surface area (Å²) in [4.78, 5) is 0.275. The Balaban J connectivity index is 2.11. The first-order chi connectivity index (χ1) is 7.05. The largest absolute Gasteiger partial charge is 0.491 e. The van der Waals surface area contributed by atoms with E-state index in [2.05, 4.69) is 0 Å². The van der Waals surface area contributed by atoms with Gasteiger partial charge in [-0.3, -0.25) is 0 Å². The van der Waals surface area contributed by atoms with E-state index >= 15 is 0 Å². The maximum absolute atomic E-state index is 11.3. The molecule has 1 aliphatic rings. The highest BCUT2D eigenvalue weighted by Crippen LogP contribution is 2.19. The van der Waals surface area contributed by atoms with Gasteiger partial charge in [-0.15, -0.1) is 0 Å². The molecule has 1 aromatic carbocycles. The molecule has 0 radical (unpaired) electrons. The van der Waals surface area contributed by atoms with E-state index in [1.54, 1.807) is 18.2 Å². The molecule has 2 rings (SSSR count). The van der Waals surface area contributed by atoms with Crippen molar-refractivity contribution in [3.63, 3.8) is 0 Å². The molecule has 0 unspecified atom stereocenters. The van der Waals surface area contributed by atoms with E-state index in [1.807, 2.05) is 0 Å². The second-order valence-electron chi connectivity index (χ2n) is 3.51. The van der Waals surface area contributed by atoms with Gasteiger partial charge in [0.1, 0.15) is 18.5 Å². The van der Waals surface area contributed by atoms with Crippen LogP contribution in [0.5, 0.6) is 5.75 Å². The predicted molar refractivity (Wildman–Crippen MR) is 54.8 cm³/mol. The van der Waals surface area contributed by atoms with Crippen molar-refractivity contribution in [1.29, 1.82) is 0 Å². The topological polar surface area (TPSA) is 55.9 Å². The molecule has 0 saturated carbocycles. The number of epoxide rings is 1. The molecule has 0 bridgehead atoms. The zero-order chi connectivity index (χ0) is 10.9. The third-order valence-electron chi connectivity index (χ3n) is 2.07. The van der Waals surface area contributed by atoms with Crippen LogP contribution < -0.4 is 4.74 Å². The van der Waals surface area contributed by atoms with Crippen LogP contribution in [0.15, 0.2) is 29.2 Å². The van der Waals surface area contributed by atoms with Crippen LogP contribution in [0.2, 0.25) is 0 Å². The summed E-state index contributed by atoms with van der Waals surface area (Å²) in [6, 6.07) is 6.48. The summed E-state index contributed by atoms with van der Waals surface area (Å²) in [6.45, 7) is 1.21. The standard InChI is InChI=1S/C10H12O4S/c1-15(11,12)10-4-2-3-8(5-10)13-6-9-7-14-9/h2-5,9H,6-7H2,1H3/t9-/m0/s1. The maximum Gasteiger partial charge on any atom is 0.175 e. The summed E-state index contributed by atoms with van der Waals surface area (Å²) >= 11 is 0. The fourth-order valence-corrected chi connectivity index (χ4v) is 1.80. The number of hydrogen-bond acceptors (Lipinski definition) is 4. The van der Waals surface area contributed by atoms with Crippen molar-refractivity contribution in [2.45, 2.75) is 11.0 Å².